The summed E-state index contributed by atoms with van der Waals surface area (Å²) in [4.78, 5) is 16.3. The number of carbonyl (C=O) groups is 1. The van der Waals surface area contributed by atoms with Crippen LogP contribution in [0.1, 0.15) is 6.92 Å². The fourth-order valence-corrected chi connectivity index (χ4v) is 1.47. The van der Waals surface area contributed by atoms with Crippen molar-refractivity contribution in [3.05, 3.63) is 42.2 Å². The number of hydrogen-bond donors (Lipinski definition) is 1. The molecular weight excluding hydrogens is 206 g/mol. The van der Waals surface area contributed by atoms with Crippen LogP contribution in [0, 0.1) is 0 Å². The van der Waals surface area contributed by atoms with Gasteiger partial charge in [-0.25, -0.2) is 0 Å². The molecule has 0 unspecified atom stereocenters. The average Bonchev–Trinajstić information content (AvgIpc) is 2.59. The van der Waals surface area contributed by atoms with E-state index in [0.29, 0.717) is 17.0 Å². The van der Waals surface area contributed by atoms with Crippen molar-refractivity contribution in [2.45, 2.75) is 6.92 Å². The highest BCUT2D eigenvalue weighted by Gasteiger charge is 2.28. The van der Waals surface area contributed by atoms with Crippen LogP contribution < -0.4 is 10.9 Å². The van der Waals surface area contributed by atoms with Gasteiger partial charge in [0, 0.05) is 0 Å². The molecule has 1 aliphatic heterocycles. The van der Waals surface area contributed by atoms with Crippen LogP contribution in [0.5, 0.6) is 0 Å². The molecule has 5 nitrogen and oxygen atoms in total. The van der Waals surface area contributed by atoms with Crippen LogP contribution in [-0.2, 0) is 9.63 Å². The summed E-state index contributed by atoms with van der Waals surface area (Å²) in [5.41, 5.74) is 1.66. The zero-order chi connectivity index (χ0) is 11.5. The van der Waals surface area contributed by atoms with Gasteiger partial charge in [-0.2, -0.15) is 16.0 Å². The molecule has 0 radical (unpaired) electrons. The first-order chi connectivity index (χ1) is 7.74. The van der Waals surface area contributed by atoms with Gasteiger partial charge >= 0.3 is 0 Å². The highest BCUT2D eigenvalue weighted by molar-refractivity contribution is 6.29. The van der Waals surface area contributed by atoms with E-state index in [1.807, 2.05) is 18.2 Å². The van der Waals surface area contributed by atoms with Crippen LogP contribution in [0.25, 0.3) is 0 Å². The first kappa shape index (κ1) is 10.4. The molecular formula is C11H11N3O2. The van der Waals surface area contributed by atoms with Crippen molar-refractivity contribution in [3.63, 3.8) is 0 Å². The minimum absolute atomic E-state index is 0.242. The van der Waals surface area contributed by atoms with Crippen molar-refractivity contribution in [3.8, 4) is 0 Å². The minimum atomic E-state index is -0.242. The summed E-state index contributed by atoms with van der Waals surface area (Å²) in [6, 6.07) is 9.17. The summed E-state index contributed by atoms with van der Waals surface area (Å²) < 4.78 is 0. The summed E-state index contributed by atoms with van der Waals surface area (Å²) in [5.74, 6) is 4.67. The maximum absolute atomic E-state index is 11.9. The smallest absolute Gasteiger partial charge is 0.283 e. The third kappa shape index (κ3) is 1.68. The van der Waals surface area contributed by atoms with Crippen molar-refractivity contribution < 1.29 is 9.63 Å². The summed E-state index contributed by atoms with van der Waals surface area (Å²) in [7, 11) is 0. The summed E-state index contributed by atoms with van der Waals surface area (Å²) >= 11 is 0. The SMILES string of the molecule is CC1=NN(c2ccccc2)C(=O)/C1=C/ON. The van der Waals surface area contributed by atoms with Gasteiger partial charge in [0.05, 0.1) is 11.4 Å². The molecule has 1 aliphatic rings. The second-order valence-corrected chi connectivity index (χ2v) is 3.31. The van der Waals surface area contributed by atoms with E-state index < -0.39 is 0 Å². The molecule has 0 aliphatic carbocycles. The van der Waals surface area contributed by atoms with Crippen LogP contribution in [0.2, 0.25) is 0 Å². The van der Waals surface area contributed by atoms with E-state index in [9.17, 15) is 4.79 Å². The van der Waals surface area contributed by atoms with Crippen LogP contribution in [0.4, 0.5) is 5.69 Å². The Morgan fingerprint density at radius 1 is 1.38 bits per heavy atom. The van der Waals surface area contributed by atoms with Gasteiger partial charge in [0.2, 0.25) is 0 Å². The van der Waals surface area contributed by atoms with Crippen LogP contribution in [0.15, 0.2) is 47.3 Å². The van der Waals surface area contributed by atoms with Gasteiger partial charge < -0.3 is 4.84 Å². The third-order valence-corrected chi connectivity index (χ3v) is 2.25. The number of amides is 1. The van der Waals surface area contributed by atoms with Gasteiger partial charge in [-0.1, -0.05) is 18.2 Å². The topological polar surface area (TPSA) is 67.9 Å². The molecule has 1 amide bonds. The molecule has 0 bridgehead atoms. The quantitative estimate of drug-likeness (QED) is 0.459. The standard InChI is InChI=1S/C11H11N3O2/c1-8-10(7-16-12)11(15)14(13-8)9-5-3-2-4-6-9/h2-7H,12H2,1H3/b10-7+. The first-order valence-electron chi connectivity index (χ1n) is 4.75. The van der Waals surface area contributed by atoms with Gasteiger partial charge in [-0.15, -0.1) is 0 Å². The highest BCUT2D eigenvalue weighted by Crippen LogP contribution is 2.22. The Balaban J connectivity index is 2.35. The van der Waals surface area contributed by atoms with Crippen molar-refractivity contribution in [1.82, 2.24) is 0 Å². The van der Waals surface area contributed by atoms with Crippen molar-refractivity contribution in [2.24, 2.45) is 11.0 Å². The molecule has 1 aromatic carbocycles. The van der Waals surface area contributed by atoms with E-state index in [1.165, 1.54) is 11.3 Å². The lowest BCUT2D eigenvalue weighted by atomic mass is 10.2. The number of carbonyl (C=O) groups excluding carboxylic acids is 1. The Hall–Kier alpha value is -2.14. The van der Waals surface area contributed by atoms with Crippen LogP contribution >= 0.6 is 0 Å². The lowest BCUT2D eigenvalue weighted by Crippen LogP contribution is -2.21. The molecule has 0 saturated heterocycles. The minimum Gasteiger partial charge on any atom is -0.418 e. The number of hydrazone groups is 1. The number of anilines is 1. The molecule has 2 rings (SSSR count). The van der Waals surface area contributed by atoms with Gasteiger partial charge in [-0.05, 0) is 19.1 Å². The van der Waals surface area contributed by atoms with Gasteiger partial charge in [0.25, 0.3) is 5.91 Å². The molecule has 0 fully saturated rings. The van der Waals surface area contributed by atoms with E-state index >= 15 is 0 Å². The van der Waals surface area contributed by atoms with E-state index in [2.05, 4.69) is 9.94 Å². The summed E-state index contributed by atoms with van der Waals surface area (Å²) in [6.45, 7) is 1.73. The molecule has 1 aromatic rings. The molecule has 0 atom stereocenters. The van der Waals surface area contributed by atoms with E-state index in [4.69, 9.17) is 5.90 Å². The Morgan fingerprint density at radius 2 is 2.06 bits per heavy atom. The third-order valence-electron chi connectivity index (χ3n) is 2.25. The normalized spacial score (nSPS) is 17.9. The fourth-order valence-electron chi connectivity index (χ4n) is 1.47. The second kappa shape index (κ2) is 4.16. The van der Waals surface area contributed by atoms with Gasteiger partial charge in [0.1, 0.15) is 11.8 Å². The highest BCUT2D eigenvalue weighted by atomic mass is 16.6. The molecule has 0 spiro atoms. The summed E-state index contributed by atoms with van der Waals surface area (Å²) in [5, 5.41) is 5.46. The van der Waals surface area contributed by atoms with Crippen molar-refractivity contribution in [2.75, 3.05) is 5.01 Å². The molecule has 0 saturated carbocycles. The zero-order valence-electron chi connectivity index (χ0n) is 8.75. The molecule has 1 heterocycles. The largest absolute Gasteiger partial charge is 0.418 e. The Morgan fingerprint density at radius 3 is 2.69 bits per heavy atom. The molecule has 82 valence electrons. The Labute approximate surface area is 92.8 Å². The number of nitrogens with zero attached hydrogens (tertiary/aromatic N) is 2. The Kier molecular flexibility index (Phi) is 2.70. The van der Waals surface area contributed by atoms with Crippen LogP contribution in [-0.4, -0.2) is 11.6 Å². The maximum atomic E-state index is 11.9. The molecule has 2 N–H and O–H groups in total. The number of rotatable bonds is 2. The predicted molar refractivity (Wildman–Crippen MR) is 60.4 cm³/mol. The van der Waals surface area contributed by atoms with E-state index in [0.717, 1.165) is 0 Å². The second-order valence-electron chi connectivity index (χ2n) is 3.31. The number of benzene rings is 1. The number of para-hydroxylation sites is 1. The molecule has 16 heavy (non-hydrogen) atoms. The predicted octanol–water partition coefficient (Wildman–Crippen LogP) is 1.18. The zero-order valence-corrected chi connectivity index (χ0v) is 8.75. The van der Waals surface area contributed by atoms with Crippen LogP contribution in [0.3, 0.4) is 0 Å². The number of hydrogen-bond acceptors (Lipinski definition) is 4. The lowest BCUT2D eigenvalue weighted by molar-refractivity contribution is -0.114. The monoisotopic (exact) mass is 217 g/mol. The molecule has 0 aromatic heterocycles. The summed E-state index contributed by atoms with van der Waals surface area (Å²) in [6.07, 6.45) is 1.20. The molecule has 5 heteroatoms. The van der Waals surface area contributed by atoms with Gasteiger partial charge in [-0.3, -0.25) is 4.79 Å². The van der Waals surface area contributed by atoms with Gasteiger partial charge in [0.15, 0.2) is 0 Å². The lowest BCUT2D eigenvalue weighted by Gasteiger charge is -2.10. The first-order valence-corrected chi connectivity index (χ1v) is 4.75. The average molecular weight is 217 g/mol. The number of nitrogens with two attached hydrogens (primary N) is 1. The van der Waals surface area contributed by atoms with Crippen molar-refractivity contribution in [1.29, 1.82) is 0 Å². The fraction of sp³-hybridized carbons (Fsp3) is 0.0909. The van der Waals surface area contributed by atoms with E-state index in [-0.39, 0.29) is 5.91 Å². The maximum Gasteiger partial charge on any atom is 0.283 e. The van der Waals surface area contributed by atoms with Crippen molar-refractivity contribution >= 4 is 17.3 Å². The van der Waals surface area contributed by atoms with E-state index in [1.54, 1.807) is 19.1 Å². The Bertz CT molecular complexity index is 465.